The second-order valence-electron chi connectivity index (χ2n) is 2.63. The zero-order valence-electron chi connectivity index (χ0n) is 6.48. The standard InChI is InChI=1S/C9H5Cl3S/c10-4-5-3-7(11)9-6(8(5)12)1-2-13-9/h1-3H,4H2. The van der Waals surface area contributed by atoms with Gasteiger partial charge in [0.05, 0.1) is 14.7 Å². The van der Waals surface area contributed by atoms with Gasteiger partial charge in [-0.25, -0.2) is 0 Å². The van der Waals surface area contributed by atoms with Gasteiger partial charge in [0, 0.05) is 11.3 Å². The third-order valence-corrected chi connectivity index (χ3v) is 3.94. The molecule has 1 aromatic heterocycles. The Kier molecular flexibility index (Phi) is 2.70. The van der Waals surface area contributed by atoms with Crippen LogP contribution in [0.1, 0.15) is 5.56 Å². The van der Waals surface area contributed by atoms with Gasteiger partial charge < -0.3 is 0 Å². The van der Waals surface area contributed by atoms with E-state index in [-0.39, 0.29) is 0 Å². The Labute approximate surface area is 95.0 Å². The number of hydrogen-bond donors (Lipinski definition) is 0. The van der Waals surface area contributed by atoms with E-state index in [1.165, 1.54) is 0 Å². The van der Waals surface area contributed by atoms with E-state index >= 15 is 0 Å². The van der Waals surface area contributed by atoms with Gasteiger partial charge in [0.25, 0.3) is 0 Å². The Bertz CT molecular complexity index is 447. The molecular weight excluding hydrogens is 247 g/mol. The summed E-state index contributed by atoms with van der Waals surface area (Å²) in [7, 11) is 0. The van der Waals surface area contributed by atoms with Crippen molar-refractivity contribution in [3.63, 3.8) is 0 Å². The SMILES string of the molecule is ClCc1cc(Cl)c2sccc2c1Cl. The van der Waals surface area contributed by atoms with Crippen molar-refractivity contribution in [3.05, 3.63) is 33.1 Å². The minimum atomic E-state index is 0.393. The van der Waals surface area contributed by atoms with Crippen LogP contribution in [0.3, 0.4) is 0 Å². The third-order valence-electron chi connectivity index (χ3n) is 1.85. The summed E-state index contributed by atoms with van der Waals surface area (Å²) in [6.07, 6.45) is 0. The molecule has 0 radical (unpaired) electrons. The van der Waals surface area contributed by atoms with E-state index in [2.05, 4.69) is 0 Å². The van der Waals surface area contributed by atoms with Gasteiger partial charge in [-0.05, 0) is 23.1 Å². The average molecular weight is 252 g/mol. The summed E-state index contributed by atoms with van der Waals surface area (Å²) in [5.74, 6) is 0.393. The Morgan fingerprint density at radius 3 is 2.77 bits per heavy atom. The van der Waals surface area contributed by atoms with Crippen molar-refractivity contribution in [1.29, 1.82) is 0 Å². The van der Waals surface area contributed by atoms with Crippen LogP contribution in [-0.4, -0.2) is 0 Å². The normalized spacial score (nSPS) is 11.0. The average Bonchev–Trinajstić information content (AvgIpc) is 2.60. The van der Waals surface area contributed by atoms with Gasteiger partial charge in [-0.1, -0.05) is 23.2 Å². The summed E-state index contributed by atoms with van der Waals surface area (Å²) in [4.78, 5) is 0. The molecule has 0 fully saturated rings. The van der Waals surface area contributed by atoms with Gasteiger partial charge in [-0.3, -0.25) is 0 Å². The lowest BCUT2D eigenvalue weighted by molar-refractivity contribution is 1.43. The van der Waals surface area contributed by atoms with Crippen LogP contribution >= 0.6 is 46.1 Å². The van der Waals surface area contributed by atoms with E-state index in [1.54, 1.807) is 11.3 Å². The molecule has 0 aliphatic heterocycles. The Morgan fingerprint density at radius 2 is 2.08 bits per heavy atom. The molecule has 4 heteroatoms. The molecule has 0 nitrogen and oxygen atoms in total. The molecule has 1 aromatic carbocycles. The molecule has 68 valence electrons. The molecule has 2 rings (SSSR count). The van der Waals surface area contributed by atoms with E-state index < -0.39 is 0 Å². The minimum absolute atomic E-state index is 0.393. The molecule has 0 amide bonds. The molecule has 0 bridgehead atoms. The molecule has 0 spiro atoms. The number of thiophene rings is 1. The highest BCUT2D eigenvalue weighted by Crippen LogP contribution is 2.36. The zero-order chi connectivity index (χ0) is 9.42. The molecular formula is C9H5Cl3S. The summed E-state index contributed by atoms with van der Waals surface area (Å²) in [6.45, 7) is 0. The highest BCUT2D eigenvalue weighted by Gasteiger charge is 2.09. The van der Waals surface area contributed by atoms with Crippen LogP contribution in [0.25, 0.3) is 10.1 Å². The maximum absolute atomic E-state index is 6.12. The van der Waals surface area contributed by atoms with Crippen molar-refractivity contribution in [2.24, 2.45) is 0 Å². The van der Waals surface area contributed by atoms with Crippen LogP contribution in [0, 0.1) is 0 Å². The lowest BCUT2D eigenvalue weighted by Gasteiger charge is -2.02. The smallest absolute Gasteiger partial charge is 0.0588 e. The van der Waals surface area contributed by atoms with Crippen LogP contribution in [0.2, 0.25) is 10.0 Å². The number of fused-ring (bicyclic) bond motifs is 1. The van der Waals surface area contributed by atoms with Crippen molar-refractivity contribution < 1.29 is 0 Å². The summed E-state index contributed by atoms with van der Waals surface area (Å²) in [5, 5.41) is 4.41. The van der Waals surface area contributed by atoms with Gasteiger partial charge in [0.2, 0.25) is 0 Å². The summed E-state index contributed by atoms with van der Waals surface area (Å²) >= 11 is 19.5. The lowest BCUT2D eigenvalue weighted by Crippen LogP contribution is -1.80. The first-order valence-electron chi connectivity index (χ1n) is 3.64. The molecule has 2 aromatic rings. The van der Waals surface area contributed by atoms with Crippen LogP contribution in [0.5, 0.6) is 0 Å². The van der Waals surface area contributed by atoms with Crippen molar-refractivity contribution in [3.8, 4) is 0 Å². The number of halogens is 3. The first-order valence-corrected chi connectivity index (χ1v) is 5.81. The Balaban J connectivity index is 2.85. The second kappa shape index (κ2) is 3.66. The fourth-order valence-electron chi connectivity index (χ4n) is 1.22. The van der Waals surface area contributed by atoms with Crippen molar-refractivity contribution >= 4 is 56.2 Å². The molecule has 0 saturated carbocycles. The predicted molar refractivity (Wildman–Crippen MR) is 61.4 cm³/mol. The predicted octanol–water partition coefficient (Wildman–Crippen LogP) is 4.95. The number of rotatable bonds is 1. The molecule has 0 saturated heterocycles. The van der Waals surface area contributed by atoms with E-state index in [4.69, 9.17) is 34.8 Å². The summed E-state index contributed by atoms with van der Waals surface area (Å²) < 4.78 is 1.03. The number of alkyl halides is 1. The molecule has 0 aliphatic rings. The first kappa shape index (κ1) is 9.60. The quantitative estimate of drug-likeness (QED) is 0.629. The number of hydrogen-bond acceptors (Lipinski definition) is 1. The number of benzene rings is 1. The van der Waals surface area contributed by atoms with Gasteiger partial charge in [0.15, 0.2) is 0 Å². The molecule has 0 N–H and O–H groups in total. The molecule has 1 heterocycles. The molecule has 13 heavy (non-hydrogen) atoms. The van der Waals surface area contributed by atoms with E-state index in [0.29, 0.717) is 5.88 Å². The maximum atomic E-state index is 6.12. The largest absolute Gasteiger partial charge is 0.142 e. The van der Waals surface area contributed by atoms with Crippen molar-refractivity contribution in [2.45, 2.75) is 5.88 Å². The summed E-state index contributed by atoms with van der Waals surface area (Å²) in [5.41, 5.74) is 0.888. The van der Waals surface area contributed by atoms with E-state index in [0.717, 1.165) is 25.7 Å². The van der Waals surface area contributed by atoms with Gasteiger partial charge in [-0.15, -0.1) is 22.9 Å². The fraction of sp³-hybridized carbons (Fsp3) is 0.111. The van der Waals surface area contributed by atoms with Crippen LogP contribution < -0.4 is 0 Å². The van der Waals surface area contributed by atoms with Gasteiger partial charge in [0.1, 0.15) is 0 Å². The van der Waals surface area contributed by atoms with Crippen LogP contribution in [0.4, 0.5) is 0 Å². The first-order chi connectivity index (χ1) is 6.24. The minimum Gasteiger partial charge on any atom is -0.142 e. The van der Waals surface area contributed by atoms with Gasteiger partial charge >= 0.3 is 0 Å². The highest BCUT2D eigenvalue weighted by molar-refractivity contribution is 7.18. The van der Waals surface area contributed by atoms with Crippen molar-refractivity contribution in [2.75, 3.05) is 0 Å². The third kappa shape index (κ3) is 1.55. The lowest BCUT2D eigenvalue weighted by atomic mass is 10.2. The topological polar surface area (TPSA) is 0 Å². The summed E-state index contributed by atoms with van der Waals surface area (Å²) in [6, 6.07) is 3.79. The monoisotopic (exact) mass is 250 g/mol. The van der Waals surface area contributed by atoms with Crippen molar-refractivity contribution in [1.82, 2.24) is 0 Å². The van der Waals surface area contributed by atoms with E-state index in [9.17, 15) is 0 Å². The highest BCUT2D eigenvalue weighted by atomic mass is 35.5. The molecule has 0 atom stereocenters. The molecule has 0 unspecified atom stereocenters. The van der Waals surface area contributed by atoms with Crippen LogP contribution in [-0.2, 0) is 5.88 Å². The molecule has 0 aliphatic carbocycles. The fourth-order valence-corrected chi connectivity index (χ4v) is 3.01. The zero-order valence-corrected chi connectivity index (χ0v) is 9.57. The Hall–Kier alpha value is 0.0500. The maximum Gasteiger partial charge on any atom is 0.0588 e. The second-order valence-corrected chi connectivity index (χ2v) is 4.60. The van der Waals surface area contributed by atoms with Crippen LogP contribution in [0.15, 0.2) is 17.5 Å². The van der Waals surface area contributed by atoms with E-state index in [1.807, 2.05) is 17.5 Å². The van der Waals surface area contributed by atoms with Gasteiger partial charge in [-0.2, -0.15) is 0 Å². The Morgan fingerprint density at radius 1 is 1.31 bits per heavy atom.